The molecule has 0 aromatic carbocycles. The summed E-state index contributed by atoms with van der Waals surface area (Å²) < 4.78 is 11.0. The van der Waals surface area contributed by atoms with E-state index in [9.17, 15) is 0 Å². The van der Waals surface area contributed by atoms with Crippen molar-refractivity contribution >= 4 is 11.5 Å². The molecular formula is C14H21N3O2. The number of rotatable bonds is 5. The Balaban J connectivity index is 1.61. The molecule has 3 N–H and O–H groups in total. The lowest BCUT2D eigenvalue weighted by Crippen LogP contribution is -2.28. The summed E-state index contributed by atoms with van der Waals surface area (Å²) in [6.45, 7) is 2.37. The predicted octanol–water partition coefficient (Wildman–Crippen LogP) is 2.04. The summed E-state index contributed by atoms with van der Waals surface area (Å²) in [6, 6.07) is 4.20. The zero-order valence-electron chi connectivity index (χ0n) is 11.1. The molecule has 1 aliphatic carbocycles. The first-order valence-electron chi connectivity index (χ1n) is 7.05. The molecule has 3 rings (SSSR count). The first kappa shape index (κ1) is 12.5. The average Bonchev–Trinajstić information content (AvgIpc) is 3.25. The second kappa shape index (κ2) is 5.65. The van der Waals surface area contributed by atoms with Gasteiger partial charge in [0.1, 0.15) is 5.82 Å². The van der Waals surface area contributed by atoms with Gasteiger partial charge in [0.15, 0.2) is 0 Å². The standard InChI is InChI=1S/C14H21N3O2/c15-12-3-4-13(16-11-5-7-18-8-6-11)17-14(12)19-9-10-1-2-10/h3-4,10-11H,1-2,5-9,15H2,(H,16,17). The molecule has 0 atom stereocenters. The number of nitrogen functional groups attached to an aromatic ring is 1. The molecular weight excluding hydrogens is 242 g/mol. The van der Waals surface area contributed by atoms with E-state index < -0.39 is 0 Å². The van der Waals surface area contributed by atoms with Crippen LogP contribution in [0.3, 0.4) is 0 Å². The molecule has 0 spiro atoms. The fourth-order valence-corrected chi connectivity index (χ4v) is 2.18. The Kier molecular flexibility index (Phi) is 3.73. The summed E-state index contributed by atoms with van der Waals surface area (Å²) in [7, 11) is 0. The Morgan fingerprint density at radius 1 is 1.26 bits per heavy atom. The summed E-state index contributed by atoms with van der Waals surface area (Å²) in [5.74, 6) is 2.10. The van der Waals surface area contributed by atoms with Crippen LogP contribution in [0, 0.1) is 5.92 Å². The van der Waals surface area contributed by atoms with E-state index >= 15 is 0 Å². The highest BCUT2D eigenvalue weighted by Gasteiger charge is 2.22. The maximum atomic E-state index is 5.89. The molecule has 0 unspecified atom stereocenters. The van der Waals surface area contributed by atoms with Crippen molar-refractivity contribution in [2.45, 2.75) is 31.7 Å². The average molecular weight is 263 g/mol. The lowest BCUT2D eigenvalue weighted by Gasteiger charge is -2.23. The summed E-state index contributed by atoms with van der Waals surface area (Å²) in [5.41, 5.74) is 6.50. The fourth-order valence-electron chi connectivity index (χ4n) is 2.18. The molecule has 104 valence electrons. The van der Waals surface area contributed by atoms with Gasteiger partial charge in [0.2, 0.25) is 5.88 Å². The van der Waals surface area contributed by atoms with Gasteiger partial charge in [0.05, 0.1) is 12.3 Å². The fraction of sp³-hybridized carbons (Fsp3) is 0.643. The largest absolute Gasteiger partial charge is 0.476 e. The molecule has 1 aromatic rings. The number of aromatic nitrogens is 1. The number of hydrogen-bond donors (Lipinski definition) is 2. The minimum atomic E-state index is 0.432. The quantitative estimate of drug-likeness (QED) is 0.850. The Bertz CT molecular complexity index is 429. The van der Waals surface area contributed by atoms with Crippen LogP contribution in [0.4, 0.5) is 11.5 Å². The highest BCUT2D eigenvalue weighted by molar-refractivity contribution is 5.53. The minimum absolute atomic E-state index is 0.432. The zero-order valence-corrected chi connectivity index (χ0v) is 11.1. The number of nitrogens with one attached hydrogen (secondary N) is 1. The van der Waals surface area contributed by atoms with Gasteiger partial charge >= 0.3 is 0 Å². The molecule has 0 radical (unpaired) electrons. The normalized spacial score (nSPS) is 20.2. The third kappa shape index (κ3) is 3.50. The van der Waals surface area contributed by atoms with E-state index in [0.29, 0.717) is 23.5 Å². The van der Waals surface area contributed by atoms with Crippen LogP contribution in [0.1, 0.15) is 25.7 Å². The van der Waals surface area contributed by atoms with Crippen LogP contribution in [0.15, 0.2) is 12.1 Å². The Morgan fingerprint density at radius 2 is 2.05 bits per heavy atom. The van der Waals surface area contributed by atoms with Gasteiger partial charge in [-0.05, 0) is 43.7 Å². The van der Waals surface area contributed by atoms with Crippen LogP contribution in [0.25, 0.3) is 0 Å². The number of hydrogen-bond acceptors (Lipinski definition) is 5. The molecule has 5 heteroatoms. The second-order valence-electron chi connectivity index (χ2n) is 5.38. The minimum Gasteiger partial charge on any atom is -0.476 e. The summed E-state index contributed by atoms with van der Waals surface area (Å²) >= 11 is 0. The summed E-state index contributed by atoms with van der Waals surface area (Å²) in [5, 5.41) is 3.43. The van der Waals surface area contributed by atoms with Crippen LogP contribution in [-0.4, -0.2) is 30.8 Å². The third-order valence-electron chi connectivity index (χ3n) is 3.62. The maximum Gasteiger partial charge on any atom is 0.239 e. The van der Waals surface area contributed by atoms with Gasteiger partial charge in [-0.2, -0.15) is 4.98 Å². The molecule has 2 aliphatic rings. The molecule has 5 nitrogen and oxygen atoms in total. The molecule has 1 aromatic heterocycles. The van der Waals surface area contributed by atoms with E-state index in [-0.39, 0.29) is 0 Å². The molecule has 19 heavy (non-hydrogen) atoms. The van der Waals surface area contributed by atoms with Crippen LogP contribution in [-0.2, 0) is 4.74 Å². The van der Waals surface area contributed by atoms with E-state index in [1.165, 1.54) is 12.8 Å². The van der Waals surface area contributed by atoms with Gasteiger partial charge in [-0.1, -0.05) is 0 Å². The third-order valence-corrected chi connectivity index (χ3v) is 3.62. The van der Waals surface area contributed by atoms with Gasteiger partial charge in [-0.15, -0.1) is 0 Å². The van der Waals surface area contributed by atoms with Gasteiger partial charge in [-0.3, -0.25) is 0 Å². The first-order chi connectivity index (χ1) is 9.31. The SMILES string of the molecule is Nc1ccc(NC2CCOCC2)nc1OCC1CC1. The van der Waals surface area contributed by atoms with E-state index in [0.717, 1.165) is 38.5 Å². The highest BCUT2D eigenvalue weighted by atomic mass is 16.5. The Morgan fingerprint density at radius 3 is 2.79 bits per heavy atom. The van der Waals surface area contributed by atoms with Crippen molar-refractivity contribution in [3.8, 4) is 5.88 Å². The molecule has 1 aliphatic heterocycles. The Hall–Kier alpha value is -1.49. The van der Waals surface area contributed by atoms with Gasteiger partial charge in [0, 0.05) is 19.3 Å². The van der Waals surface area contributed by atoms with E-state index in [4.69, 9.17) is 15.2 Å². The van der Waals surface area contributed by atoms with Crippen molar-refractivity contribution in [2.75, 3.05) is 30.9 Å². The molecule has 0 amide bonds. The molecule has 1 saturated heterocycles. The molecule has 2 heterocycles. The number of nitrogens with two attached hydrogens (primary N) is 1. The van der Waals surface area contributed by atoms with Crippen molar-refractivity contribution in [3.05, 3.63) is 12.1 Å². The zero-order chi connectivity index (χ0) is 13.1. The second-order valence-corrected chi connectivity index (χ2v) is 5.38. The van der Waals surface area contributed by atoms with Crippen LogP contribution in [0.5, 0.6) is 5.88 Å². The van der Waals surface area contributed by atoms with Crippen molar-refractivity contribution in [3.63, 3.8) is 0 Å². The number of pyridine rings is 1. The smallest absolute Gasteiger partial charge is 0.239 e. The number of anilines is 2. The van der Waals surface area contributed by atoms with Crippen molar-refractivity contribution in [1.82, 2.24) is 4.98 Å². The van der Waals surface area contributed by atoms with Crippen molar-refractivity contribution in [2.24, 2.45) is 5.92 Å². The van der Waals surface area contributed by atoms with Gasteiger partial charge in [-0.25, -0.2) is 0 Å². The molecule has 1 saturated carbocycles. The monoisotopic (exact) mass is 263 g/mol. The first-order valence-corrected chi connectivity index (χ1v) is 7.05. The predicted molar refractivity (Wildman–Crippen MR) is 74.3 cm³/mol. The van der Waals surface area contributed by atoms with E-state index in [2.05, 4.69) is 10.3 Å². The number of ether oxygens (including phenoxy) is 2. The summed E-state index contributed by atoms with van der Waals surface area (Å²) in [4.78, 5) is 4.47. The van der Waals surface area contributed by atoms with Crippen LogP contribution < -0.4 is 15.8 Å². The van der Waals surface area contributed by atoms with E-state index in [1.807, 2.05) is 12.1 Å². The molecule has 0 bridgehead atoms. The lowest BCUT2D eigenvalue weighted by atomic mass is 10.1. The lowest BCUT2D eigenvalue weighted by molar-refractivity contribution is 0.0904. The maximum absolute atomic E-state index is 5.89. The van der Waals surface area contributed by atoms with Crippen molar-refractivity contribution in [1.29, 1.82) is 0 Å². The van der Waals surface area contributed by atoms with Crippen LogP contribution in [0.2, 0.25) is 0 Å². The number of nitrogens with zero attached hydrogens (tertiary/aromatic N) is 1. The van der Waals surface area contributed by atoms with Crippen molar-refractivity contribution < 1.29 is 9.47 Å². The Labute approximate surface area is 113 Å². The van der Waals surface area contributed by atoms with Gasteiger partial charge in [0.25, 0.3) is 0 Å². The van der Waals surface area contributed by atoms with Crippen LogP contribution >= 0.6 is 0 Å². The topological polar surface area (TPSA) is 69.4 Å². The highest BCUT2D eigenvalue weighted by Crippen LogP contribution is 2.30. The molecule has 2 fully saturated rings. The van der Waals surface area contributed by atoms with E-state index in [1.54, 1.807) is 0 Å². The van der Waals surface area contributed by atoms with Gasteiger partial charge < -0.3 is 20.5 Å². The summed E-state index contributed by atoms with van der Waals surface area (Å²) in [6.07, 6.45) is 4.56.